The third-order valence-corrected chi connectivity index (χ3v) is 5.19. The van der Waals surface area contributed by atoms with Crippen LogP contribution in [-0.2, 0) is 11.2 Å². The normalized spacial score (nSPS) is 13.2. The molecule has 5 amide bonds. The second-order valence-electron chi connectivity index (χ2n) is 7.54. The van der Waals surface area contributed by atoms with Crippen LogP contribution in [0.25, 0.3) is 11.3 Å². The number of carbonyl (C=O) groups excluding carboxylic acids is 3. The van der Waals surface area contributed by atoms with Crippen molar-refractivity contribution < 1.29 is 14.4 Å². The molecule has 1 fully saturated rings. The summed E-state index contributed by atoms with van der Waals surface area (Å²) in [6, 6.07) is 17.9. The highest BCUT2D eigenvalue weighted by Gasteiger charge is 2.30. The number of imide groups is 1. The number of nitrogens with zero attached hydrogens (tertiary/aromatic N) is 3. The van der Waals surface area contributed by atoms with E-state index in [-0.39, 0.29) is 18.5 Å². The highest BCUT2D eigenvalue weighted by Crippen LogP contribution is 2.22. The molecule has 2 heterocycles. The number of rotatable bonds is 7. The molecule has 1 aliphatic rings. The van der Waals surface area contributed by atoms with Crippen molar-refractivity contribution in [2.75, 3.05) is 30.4 Å². The van der Waals surface area contributed by atoms with Gasteiger partial charge in [0.1, 0.15) is 0 Å². The number of aromatic amines is 1. The molecule has 3 N–H and O–H groups in total. The maximum Gasteiger partial charge on any atom is 0.329 e. The maximum atomic E-state index is 12.5. The van der Waals surface area contributed by atoms with E-state index in [1.165, 1.54) is 0 Å². The number of amides is 5. The zero-order valence-electron chi connectivity index (χ0n) is 17.7. The van der Waals surface area contributed by atoms with Crippen LogP contribution in [0, 0.1) is 0 Å². The molecule has 4 rings (SSSR count). The molecule has 0 saturated carbocycles. The second-order valence-corrected chi connectivity index (χ2v) is 7.54. The zero-order valence-corrected chi connectivity index (χ0v) is 17.7. The number of carbonyl (C=O) groups is 3. The molecular weight excluding hydrogens is 408 g/mol. The SMILES string of the molecule is CN(CCCc1cc(-c2ccccc2)n[nH]1)C(=O)Nc1cccc(N2C(=O)CNC2=O)c1. The van der Waals surface area contributed by atoms with E-state index in [9.17, 15) is 14.4 Å². The summed E-state index contributed by atoms with van der Waals surface area (Å²) in [5.74, 6) is -0.329. The average Bonchev–Trinajstić information content (AvgIpc) is 3.40. The first-order valence-corrected chi connectivity index (χ1v) is 10.3. The van der Waals surface area contributed by atoms with Crippen molar-refractivity contribution in [3.63, 3.8) is 0 Å². The number of hydrogen-bond acceptors (Lipinski definition) is 4. The Morgan fingerprint density at radius 2 is 1.94 bits per heavy atom. The van der Waals surface area contributed by atoms with Gasteiger partial charge in [-0.1, -0.05) is 36.4 Å². The van der Waals surface area contributed by atoms with Crippen LogP contribution in [0.3, 0.4) is 0 Å². The summed E-state index contributed by atoms with van der Waals surface area (Å²) < 4.78 is 0. The first-order valence-electron chi connectivity index (χ1n) is 10.3. The number of benzene rings is 2. The van der Waals surface area contributed by atoms with E-state index in [2.05, 4.69) is 20.8 Å². The summed E-state index contributed by atoms with van der Waals surface area (Å²) in [6.07, 6.45) is 1.53. The van der Waals surface area contributed by atoms with E-state index in [4.69, 9.17) is 0 Å². The molecule has 9 heteroatoms. The van der Waals surface area contributed by atoms with E-state index in [0.717, 1.165) is 34.7 Å². The van der Waals surface area contributed by atoms with Crippen molar-refractivity contribution >= 4 is 29.3 Å². The van der Waals surface area contributed by atoms with Gasteiger partial charge in [-0.15, -0.1) is 0 Å². The van der Waals surface area contributed by atoms with Gasteiger partial charge in [0.2, 0.25) is 0 Å². The molecular formula is C23H24N6O3. The van der Waals surface area contributed by atoms with Crippen LogP contribution >= 0.6 is 0 Å². The Kier molecular flexibility index (Phi) is 6.16. The number of anilines is 2. The monoisotopic (exact) mass is 432 g/mol. The molecule has 2 aromatic carbocycles. The number of aromatic nitrogens is 2. The summed E-state index contributed by atoms with van der Waals surface area (Å²) in [4.78, 5) is 38.9. The standard InChI is InChI=1S/C23H24N6O3/c1-28(12-6-10-18-14-20(27-26-18)16-7-3-2-4-8-16)23(32)25-17-9-5-11-19(13-17)29-21(30)15-24-22(29)31/h2-5,7-9,11,13-14H,6,10,12,15H2,1H3,(H,24,31)(H,25,32)(H,26,27). The van der Waals surface area contributed by atoms with Gasteiger partial charge in [-0.25, -0.2) is 14.5 Å². The number of H-pyrrole nitrogens is 1. The van der Waals surface area contributed by atoms with Crippen LogP contribution in [0.15, 0.2) is 60.7 Å². The average molecular weight is 432 g/mol. The van der Waals surface area contributed by atoms with Crippen molar-refractivity contribution in [3.8, 4) is 11.3 Å². The van der Waals surface area contributed by atoms with E-state index < -0.39 is 6.03 Å². The molecule has 9 nitrogen and oxygen atoms in total. The maximum absolute atomic E-state index is 12.5. The largest absolute Gasteiger partial charge is 0.329 e. The van der Waals surface area contributed by atoms with Crippen molar-refractivity contribution in [1.82, 2.24) is 20.4 Å². The number of hydrogen-bond donors (Lipinski definition) is 3. The van der Waals surface area contributed by atoms with Crippen molar-refractivity contribution in [2.45, 2.75) is 12.8 Å². The molecule has 0 bridgehead atoms. The van der Waals surface area contributed by atoms with Crippen LogP contribution < -0.4 is 15.5 Å². The van der Waals surface area contributed by atoms with Crippen LogP contribution in [0.2, 0.25) is 0 Å². The lowest BCUT2D eigenvalue weighted by molar-refractivity contribution is -0.115. The lowest BCUT2D eigenvalue weighted by Gasteiger charge is -2.19. The third kappa shape index (κ3) is 4.77. The fraction of sp³-hybridized carbons (Fsp3) is 0.217. The molecule has 0 unspecified atom stereocenters. The molecule has 1 aromatic heterocycles. The molecule has 32 heavy (non-hydrogen) atoms. The van der Waals surface area contributed by atoms with Crippen molar-refractivity contribution in [1.29, 1.82) is 0 Å². The summed E-state index contributed by atoms with van der Waals surface area (Å²) in [7, 11) is 1.72. The minimum atomic E-state index is -0.468. The lowest BCUT2D eigenvalue weighted by Crippen LogP contribution is -2.33. The van der Waals surface area contributed by atoms with Crippen LogP contribution in [0.5, 0.6) is 0 Å². The Morgan fingerprint density at radius 1 is 1.12 bits per heavy atom. The summed E-state index contributed by atoms with van der Waals surface area (Å²) in [5, 5.41) is 12.7. The Morgan fingerprint density at radius 3 is 2.69 bits per heavy atom. The topological polar surface area (TPSA) is 110 Å². The number of urea groups is 2. The first kappa shape index (κ1) is 21.1. The van der Waals surface area contributed by atoms with E-state index in [1.807, 2.05) is 36.4 Å². The van der Waals surface area contributed by atoms with E-state index in [1.54, 1.807) is 36.2 Å². The van der Waals surface area contributed by atoms with Gasteiger partial charge in [0, 0.05) is 30.5 Å². The van der Waals surface area contributed by atoms with Gasteiger partial charge < -0.3 is 15.5 Å². The molecule has 0 spiro atoms. The molecule has 0 atom stereocenters. The fourth-order valence-electron chi connectivity index (χ4n) is 3.48. The minimum absolute atomic E-state index is 0.0265. The first-order chi connectivity index (χ1) is 15.5. The molecule has 1 aliphatic heterocycles. The Balaban J connectivity index is 1.28. The van der Waals surface area contributed by atoms with E-state index in [0.29, 0.717) is 17.9 Å². The minimum Gasteiger partial charge on any atom is -0.328 e. The smallest absolute Gasteiger partial charge is 0.328 e. The molecule has 1 saturated heterocycles. The Hall–Kier alpha value is -4.14. The van der Waals surface area contributed by atoms with Gasteiger partial charge in [0.15, 0.2) is 0 Å². The highest BCUT2D eigenvalue weighted by molar-refractivity contribution is 6.20. The summed E-state index contributed by atoms with van der Waals surface area (Å²) in [6.45, 7) is 0.527. The van der Waals surface area contributed by atoms with Gasteiger partial charge in [0.05, 0.1) is 17.9 Å². The van der Waals surface area contributed by atoms with Crippen molar-refractivity contribution in [3.05, 3.63) is 66.4 Å². The summed E-state index contributed by atoms with van der Waals surface area (Å²) in [5.41, 5.74) is 3.89. The Bertz CT molecular complexity index is 1110. The van der Waals surface area contributed by atoms with E-state index >= 15 is 0 Å². The van der Waals surface area contributed by atoms with Gasteiger partial charge in [-0.2, -0.15) is 5.10 Å². The van der Waals surface area contributed by atoms with Crippen molar-refractivity contribution in [2.24, 2.45) is 0 Å². The third-order valence-electron chi connectivity index (χ3n) is 5.19. The second kappa shape index (κ2) is 9.34. The number of nitrogens with one attached hydrogen (secondary N) is 3. The number of aryl methyl sites for hydroxylation is 1. The predicted octanol–water partition coefficient (Wildman–Crippen LogP) is 3.23. The molecule has 164 valence electrons. The fourth-order valence-corrected chi connectivity index (χ4v) is 3.48. The highest BCUT2D eigenvalue weighted by atomic mass is 16.2. The zero-order chi connectivity index (χ0) is 22.5. The van der Waals surface area contributed by atoms with Gasteiger partial charge in [-0.3, -0.25) is 9.89 Å². The van der Waals surface area contributed by atoms with Crippen LogP contribution in [0.1, 0.15) is 12.1 Å². The van der Waals surface area contributed by atoms with Gasteiger partial charge in [0.25, 0.3) is 5.91 Å². The summed E-state index contributed by atoms with van der Waals surface area (Å²) >= 11 is 0. The van der Waals surface area contributed by atoms with Gasteiger partial charge in [-0.05, 0) is 37.1 Å². The van der Waals surface area contributed by atoms with Crippen LogP contribution in [-0.4, -0.2) is 53.2 Å². The molecule has 3 aromatic rings. The molecule has 0 radical (unpaired) electrons. The van der Waals surface area contributed by atoms with Crippen LogP contribution in [0.4, 0.5) is 21.0 Å². The Labute approximate surface area is 185 Å². The lowest BCUT2D eigenvalue weighted by atomic mass is 10.1. The predicted molar refractivity (Wildman–Crippen MR) is 121 cm³/mol. The quantitative estimate of drug-likeness (QED) is 0.498. The molecule has 0 aliphatic carbocycles. The van der Waals surface area contributed by atoms with Gasteiger partial charge >= 0.3 is 12.1 Å².